The van der Waals surface area contributed by atoms with Gasteiger partial charge in [-0.1, -0.05) is 78.9 Å². The lowest BCUT2D eigenvalue weighted by Gasteiger charge is -2.26. The van der Waals surface area contributed by atoms with E-state index in [2.05, 4.69) is 70.5 Å². The fraction of sp³-hybridized carbons (Fsp3) is 0.160. The number of rotatable bonds is 4. The van der Waals surface area contributed by atoms with Crippen LogP contribution in [0.5, 0.6) is 0 Å². The van der Waals surface area contributed by atoms with E-state index in [-0.39, 0.29) is 11.9 Å². The van der Waals surface area contributed by atoms with Gasteiger partial charge in [0.1, 0.15) is 0 Å². The van der Waals surface area contributed by atoms with E-state index < -0.39 is 0 Å². The monoisotopic (exact) mass is 366 g/mol. The number of fused-ring (bicyclic) bond motifs is 1. The Balaban J connectivity index is 1.64. The summed E-state index contributed by atoms with van der Waals surface area (Å²) in [4.78, 5) is 18.5. The van der Waals surface area contributed by atoms with Crippen LogP contribution in [0.25, 0.3) is 22.2 Å². The topological polar surface area (TPSA) is 36.1 Å². The maximum absolute atomic E-state index is 12.8. The summed E-state index contributed by atoms with van der Waals surface area (Å²) in [6, 6.07) is 29.2. The molecule has 2 heterocycles. The smallest absolute Gasteiger partial charge is 0.223 e. The van der Waals surface area contributed by atoms with Crippen LogP contribution in [0.1, 0.15) is 30.0 Å². The van der Waals surface area contributed by atoms with Crippen molar-refractivity contribution in [2.45, 2.75) is 25.4 Å². The minimum atomic E-state index is 0.0825. The van der Waals surface area contributed by atoms with Crippen LogP contribution in [-0.2, 0) is 11.3 Å². The number of nitrogens with one attached hydrogen (secondary N) is 1. The third-order valence-electron chi connectivity index (χ3n) is 5.67. The molecule has 4 aromatic rings. The van der Waals surface area contributed by atoms with E-state index >= 15 is 0 Å². The summed E-state index contributed by atoms with van der Waals surface area (Å²) in [6.07, 6.45) is 1.46. The van der Waals surface area contributed by atoms with Crippen LogP contribution in [0.4, 0.5) is 0 Å². The van der Waals surface area contributed by atoms with Crippen molar-refractivity contribution < 1.29 is 4.79 Å². The number of amides is 1. The lowest BCUT2D eigenvalue weighted by Crippen LogP contribution is -2.27. The minimum absolute atomic E-state index is 0.0825. The zero-order valence-electron chi connectivity index (χ0n) is 15.6. The molecule has 28 heavy (non-hydrogen) atoms. The molecule has 1 fully saturated rings. The van der Waals surface area contributed by atoms with E-state index in [9.17, 15) is 4.79 Å². The average Bonchev–Trinajstić information content (AvgIpc) is 3.30. The predicted molar refractivity (Wildman–Crippen MR) is 113 cm³/mol. The van der Waals surface area contributed by atoms with Crippen LogP contribution in [0.2, 0.25) is 0 Å². The molecule has 1 atom stereocenters. The molecule has 0 spiro atoms. The zero-order valence-corrected chi connectivity index (χ0v) is 15.6. The van der Waals surface area contributed by atoms with Crippen LogP contribution in [0, 0.1) is 0 Å². The number of likely N-dealkylation sites (tertiary alicyclic amines) is 1. The van der Waals surface area contributed by atoms with Crippen LogP contribution in [0.3, 0.4) is 0 Å². The van der Waals surface area contributed by atoms with Gasteiger partial charge in [0, 0.05) is 29.4 Å². The number of H-pyrrole nitrogens is 1. The van der Waals surface area contributed by atoms with Crippen molar-refractivity contribution in [3.8, 4) is 11.3 Å². The Labute approximate surface area is 164 Å². The van der Waals surface area contributed by atoms with Crippen molar-refractivity contribution in [3.63, 3.8) is 0 Å². The van der Waals surface area contributed by atoms with E-state index in [1.807, 2.05) is 24.3 Å². The van der Waals surface area contributed by atoms with Gasteiger partial charge in [-0.25, -0.2) is 0 Å². The van der Waals surface area contributed by atoms with Crippen LogP contribution in [-0.4, -0.2) is 15.8 Å². The zero-order chi connectivity index (χ0) is 18.9. The van der Waals surface area contributed by atoms with Crippen molar-refractivity contribution in [1.29, 1.82) is 0 Å². The molecule has 0 saturated carbocycles. The molecule has 3 heteroatoms. The highest BCUT2D eigenvalue weighted by atomic mass is 16.2. The number of hydrogen-bond acceptors (Lipinski definition) is 1. The standard InChI is InChI=1S/C25H22N2O/c28-23-16-15-22(27(23)17-18-9-3-1-4-10-18)24-20-13-7-8-14-21(20)26-25(24)19-11-5-2-6-12-19/h1-14,22,26H,15-17H2/t22-/m1/s1. The third-order valence-corrected chi connectivity index (χ3v) is 5.67. The van der Waals surface area contributed by atoms with Crippen LogP contribution < -0.4 is 0 Å². The Bertz CT molecular complexity index is 1120. The fourth-order valence-corrected chi connectivity index (χ4v) is 4.35. The van der Waals surface area contributed by atoms with Gasteiger partial charge in [0.25, 0.3) is 0 Å². The van der Waals surface area contributed by atoms with Gasteiger partial charge < -0.3 is 9.88 Å². The Kier molecular flexibility index (Phi) is 4.21. The first-order valence-corrected chi connectivity index (χ1v) is 9.80. The molecule has 1 amide bonds. The highest BCUT2D eigenvalue weighted by Crippen LogP contribution is 2.42. The van der Waals surface area contributed by atoms with Gasteiger partial charge in [-0.15, -0.1) is 0 Å². The second kappa shape index (κ2) is 7.01. The van der Waals surface area contributed by atoms with Crippen molar-refractivity contribution >= 4 is 16.8 Å². The summed E-state index contributed by atoms with van der Waals surface area (Å²) in [5.41, 5.74) is 5.81. The normalized spacial score (nSPS) is 16.8. The molecule has 3 aromatic carbocycles. The van der Waals surface area contributed by atoms with Crippen LogP contribution in [0.15, 0.2) is 84.9 Å². The molecule has 138 valence electrons. The number of hydrogen-bond donors (Lipinski definition) is 1. The molecule has 1 aliphatic heterocycles. The number of nitrogens with zero attached hydrogens (tertiary/aromatic N) is 1. The fourth-order valence-electron chi connectivity index (χ4n) is 4.35. The summed E-state index contributed by atoms with van der Waals surface area (Å²) >= 11 is 0. The molecule has 3 nitrogen and oxygen atoms in total. The average molecular weight is 366 g/mol. The lowest BCUT2D eigenvalue weighted by molar-refractivity contribution is -0.129. The first-order valence-electron chi connectivity index (χ1n) is 9.80. The summed E-state index contributed by atoms with van der Waals surface area (Å²) in [6.45, 7) is 0.651. The molecule has 1 saturated heterocycles. The summed E-state index contributed by atoms with van der Waals surface area (Å²) in [5, 5.41) is 1.21. The van der Waals surface area contributed by atoms with E-state index in [1.165, 1.54) is 16.5 Å². The Morgan fingerprint density at radius 1 is 0.857 bits per heavy atom. The van der Waals surface area contributed by atoms with E-state index in [0.29, 0.717) is 13.0 Å². The second-order valence-electron chi connectivity index (χ2n) is 7.39. The molecule has 1 aromatic heterocycles. The van der Waals surface area contributed by atoms with E-state index in [1.54, 1.807) is 0 Å². The van der Waals surface area contributed by atoms with E-state index in [4.69, 9.17) is 0 Å². The number of carbonyl (C=O) groups excluding carboxylic acids is 1. The van der Waals surface area contributed by atoms with Crippen LogP contribution >= 0.6 is 0 Å². The molecular formula is C25H22N2O. The molecule has 5 rings (SSSR count). The molecule has 0 radical (unpaired) electrons. The highest BCUT2D eigenvalue weighted by Gasteiger charge is 2.35. The van der Waals surface area contributed by atoms with Gasteiger partial charge in [0.05, 0.1) is 11.7 Å². The van der Waals surface area contributed by atoms with Crippen molar-refractivity contribution in [3.05, 3.63) is 96.1 Å². The highest BCUT2D eigenvalue weighted by molar-refractivity contribution is 5.92. The molecule has 1 N–H and O–H groups in total. The quantitative estimate of drug-likeness (QED) is 0.494. The minimum Gasteiger partial charge on any atom is -0.354 e. The molecule has 0 bridgehead atoms. The molecule has 0 aliphatic carbocycles. The first-order chi connectivity index (χ1) is 13.8. The second-order valence-corrected chi connectivity index (χ2v) is 7.39. The number of benzene rings is 3. The van der Waals surface area contributed by atoms with Gasteiger partial charge in [0.15, 0.2) is 0 Å². The Morgan fingerprint density at radius 3 is 2.32 bits per heavy atom. The molecule has 0 unspecified atom stereocenters. The SMILES string of the molecule is O=C1CC[C@H](c2c(-c3ccccc3)[nH]c3ccccc23)N1Cc1ccccc1. The first kappa shape index (κ1) is 16.8. The number of para-hydroxylation sites is 1. The van der Waals surface area contributed by atoms with Gasteiger partial charge in [-0.2, -0.15) is 0 Å². The number of aromatic amines is 1. The molecule has 1 aliphatic rings. The number of aromatic nitrogens is 1. The van der Waals surface area contributed by atoms with Crippen molar-refractivity contribution in [1.82, 2.24) is 9.88 Å². The summed E-state index contributed by atoms with van der Waals surface area (Å²) in [5.74, 6) is 0.234. The van der Waals surface area contributed by atoms with Gasteiger partial charge >= 0.3 is 0 Å². The van der Waals surface area contributed by atoms with Crippen molar-refractivity contribution in [2.75, 3.05) is 0 Å². The van der Waals surface area contributed by atoms with Crippen molar-refractivity contribution in [2.24, 2.45) is 0 Å². The van der Waals surface area contributed by atoms with Gasteiger partial charge in [-0.3, -0.25) is 4.79 Å². The third kappa shape index (κ3) is 2.89. The Morgan fingerprint density at radius 2 is 1.54 bits per heavy atom. The maximum Gasteiger partial charge on any atom is 0.223 e. The lowest BCUT2D eigenvalue weighted by atomic mass is 9.97. The Hall–Kier alpha value is -3.33. The van der Waals surface area contributed by atoms with Gasteiger partial charge in [-0.05, 0) is 23.6 Å². The van der Waals surface area contributed by atoms with Gasteiger partial charge in [0.2, 0.25) is 5.91 Å². The summed E-state index contributed by atoms with van der Waals surface area (Å²) < 4.78 is 0. The largest absolute Gasteiger partial charge is 0.354 e. The predicted octanol–water partition coefficient (Wildman–Crippen LogP) is 5.70. The number of carbonyl (C=O) groups is 1. The maximum atomic E-state index is 12.8. The summed E-state index contributed by atoms with van der Waals surface area (Å²) in [7, 11) is 0. The van der Waals surface area contributed by atoms with E-state index in [0.717, 1.165) is 23.2 Å². The molecular weight excluding hydrogens is 344 g/mol.